The second-order valence-electron chi connectivity index (χ2n) is 7.54. The first kappa shape index (κ1) is 16.8. The lowest BCUT2D eigenvalue weighted by Crippen LogP contribution is -2.57. The van der Waals surface area contributed by atoms with Crippen LogP contribution in [0.1, 0.15) is 57.8 Å². The van der Waals surface area contributed by atoms with Gasteiger partial charge in [-0.2, -0.15) is 0 Å². The van der Waals surface area contributed by atoms with Gasteiger partial charge in [-0.05, 0) is 71.4 Å². The molecule has 0 radical (unpaired) electrons. The molecule has 0 aromatic carbocycles. The number of hydrogen-bond donors (Lipinski definition) is 1. The molecule has 0 saturated heterocycles. The van der Waals surface area contributed by atoms with Gasteiger partial charge < -0.3 is 15.5 Å². The van der Waals surface area contributed by atoms with Crippen molar-refractivity contribution in [1.29, 1.82) is 0 Å². The molecule has 2 fully saturated rings. The minimum absolute atomic E-state index is 0.238. The highest BCUT2D eigenvalue weighted by Gasteiger charge is 2.40. The third-order valence-electron chi connectivity index (χ3n) is 5.85. The number of nitrogens with zero attached hydrogens (tertiary/aromatic N) is 2. The molecule has 2 rings (SSSR count). The van der Waals surface area contributed by atoms with Gasteiger partial charge in [-0.1, -0.05) is 0 Å². The molecule has 0 heterocycles. The van der Waals surface area contributed by atoms with Crippen molar-refractivity contribution in [2.45, 2.75) is 69.4 Å². The maximum Gasteiger partial charge on any atom is 0.222 e. The van der Waals surface area contributed by atoms with E-state index in [1.165, 1.54) is 32.1 Å². The van der Waals surface area contributed by atoms with Gasteiger partial charge in [0.2, 0.25) is 5.91 Å². The van der Waals surface area contributed by atoms with Crippen LogP contribution in [0.3, 0.4) is 0 Å². The first-order valence-corrected chi connectivity index (χ1v) is 8.60. The van der Waals surface area contributed by atoms with E-state index < -0.39 is 0 Å². The van der Waals surface area contributed by atoms with Gasteiger partial charge in [0.25, 0.3) is 0 Å². The maximum atomic E-state index is 12.4. The Labute approximate surface area is 130 Å². The second-order valence-corrected chi connectivity index (χ2v) is 7.54. The lowest BCUT2D eigenvalue weighted by atomic mass is 9.75. The molecule has 4 nitrogen and oxygen atoms in total. The summed E-state index contributed by atoms with van der Waals surface area (Å²) in [6, 6.07) is 0.401. The van der Waals surface area contributed by atoms with E-state index in [1.807, 2.05) is 11.9 Å². The summed E-state index contributed by atoms with van der Waals surface area (Å²) in [5, 5.41) is 0. The summed E-state index contributed by atoms with van der Waals surface area (Å²) in [7, 11) is 6.26. The SMILES string of the molecule is CN(CC1(N(C)C)CCC1)C(=O)CCC1CCC(N)CC1. The Morgan fingerprint density at radius 1 is 1.14 bits per heavy atom. The molecule has 2 aliphatic carbocycles. The van der Waals surface area contributed by atoms with E-state index in [0.29, 0.717) is 24.3 Å². The van der Waals surface area contributed by atoms with Crippen molar-refractivity contribution in [3.63, 3.8) is 0 Å². The summed E-state index contributed by atoms with van der Waals surface area (Å²) >= 11 is 0. The number of nitrogens with two attached hydrogens (primary N) is 1. The van der Waals surface area contributed by atoms with Gasteiger partial charge in [0.15, 0.2) is 0 Å². The zero-order chi connectivity index (χ0) is 15.5. The standard InChI is InChI=1S/C17H33N3O/c1-19(2)17(11-4-12-17)13-20(3)16(21)10-7-14-5-8-15(18)9-6-14/h14-15H,4-13,18H2,1-3H3. The molecule has 0 aromatic heterocycles. The molecule has 2 aliphatic rings. The predicted octanol–water partition coefficient (Wildman–Crippen LogP) is 2.23. The van der Waals surface area contributed by atoms with Crippen molar-refractivity contribution in [2.75, 3.05) is 27.7 Å². The molecular weight excluding hydrogens is 262 g/mol. The number of amides is 1. The minimum Gasteiger partial charge on any atom is -0.344 e. The van der Waals surface area contributed by atoms with Gasteiger partial charge in [0.1, 0.15) is 0 Å². The van der Waals surface area contributed by atoms with Crippen molar-refractivity contribution in [1.82, 2.24) is 9.80 Å². The molecule has 21 heavy (non-hydrogen) atoms. The number of hydrogen-bond acceptors (Lipinski definition) is 3. The maximum absolute atomic E-state index is 12.4. The molecule has 1 amide bonds. The molecule has 0 aliphatic heterocycles. The van der Waals surface area contributed by atoms with Crippen LogP contribution in [-0.2, 0) is 4.79 Å². The van der Waals surface area contributed by atoms with E-state index in [9.17, 15) is 4.79 Å². The highest BCUT2D eigenvalue weighted by molar-refractivity contribution is 5.76. The highest BCUT2D eigenvalue weighted by Crippen LogP contribution is 2.36. The highest BCUT2D eigenvalue weighted by atomic mass is 16.2. The third-order valence-corrected chi connectivity index (χ3v) is 5.85. The Hall–Kier alpha value is -0.610. The molecule has 2 saturated carbocycles. The average molecular weight is 295 g/mol. The molecule has 0 spiro atoms. The fraction of sp³-hybridized carbons (Fsp3) is 0.941. The minimum atomic E-state index is 0.238. The number of likely N-dealkylation sites (N-methyl/N-ethyl adjacent to an activating group) is 2. The Kier molecular flexibility index (Phi) is 5.67. The van der Waals surface area contributed by atoms with Crippen molar-refractivity contribution >= 4 is 5.91 Å². The van der Waals surface area contributed by atoms with Crippen molar-refractivity contribution in [2.24, 2.45) is 11.7 Å². The van der Waals surface area contributed by atoms with Gasteiger partial charge in [0, 0.05) is 31.6 Å². The zero-order valence-electron chi connectivity index (χ0n) is 14.1. The average Bonchev–Trinajstić information content (AvgIpc) is 2.41. The molecule has 2 N–H and O–H groups in total. The van der Waals surface area contributed by atoms with Crippen LogP contribution in [0.15, 0.2) is 0 Å². The van der Waals surface area contributed by atoms with Crippen LogP contribution in [0.25, 0.3) is 0 Å². The van der Waals surface area contributed by atoms with E-state index in [-0.39, 0.29) is 5.54 Å². The number of rotatable bonds is 6. The fourth-order valence-corrected chi connectivity index (χ4v) is 3.86. The first-order valence-electron chi connectivity index (χ1n) is 8.60. The van der Waals surface area contributed by atoms with Crippen molar-refractivity contribution in [3.8, 4) is 0 Å². The monoisotopic (exact) mass is 295 g/mol. The van der Waals surface area contributed by atoms with Crippen molar-refractivity contribution < 1.29 is 4.79 Å². The molecule has 0 bridgehead atoms. The van der Waals surface area contributed by atoms with Crippen LogP contribution < -0.4 is 5.73 Å². The summed E-state index contributed by atoms with van der Waals surface area (Å²) in [5.41, 5.74) is 6.18. The van der Waals surface area contributed by atoms with Crippen LogP contribution in [0.4, 0.5) is 0 Å². The van der Waals surface area contributed by atoms with Gasteiger partial charge >= 0.3 is 0 Å². The van der Waals surface area contributed by atoms with Gasteiger partial charge in [0.05, 0.1) is 0 Å². The van der Waals surface area contributed by atoms with E-state index in [0.717, 1.165) is 25.8 Å². The van der Waals surface area contributed by atoms with E-state index in [2.05, 4.69) is 19.0 Å². The number of carbonyl (C=O) groups excluding carboxylic acids is 1. The van der Waals surface area contributed by atoms with Crippen LogP contribution in [0.5, 0.6) is 0 Å². The first-order chi connectivity index (χ1) is 9.93. The van der Waals surface area contributed by atoms with Crippen LogP contribution in [0.2, 0.25) is 0 Å². The Morgan fingerprint density at radius 2 is 1.76 bits per heavy atom. The normalized spacial score (nSPS) is 28.2. The quantitative estimate of drug-likeness (QED) is 0.817. The molecule has 122 valence electrons. The Morgan fingerprint density at radius 3 is 2.24 bits per heavy atom. The third kappa shape index (κ3) is 4.19. The van der Waals surface area contributed by atoms with E-state index in [4.69, 9.17) is 5.73 Å². The lowest BCUT2D eigenvalue weighted by molar-refractivity contribution is -0.133. The second kappa shape index (κ2) is 7.10. The Bertz CT molecular complexity index is 344. The smallest absolute Gasteiger partial charge is 0.222 e. The number of carbonyl (C=O) groups is 1. The lowest BCUT2D eigenvalue weighted by Gasteiger charge is -2.49. The molecule has 0 unspecified atom stereocenters. The molecule has 0 aromatic rings. The van der Waals surface area contributed by atoms with Gasteiger partial charge in [-0.3, -0.25) is 4.79 Å². The van der Waals surface area contributed by atoms with Crippen LogP contribution in [-0.4, -0.2) is 55.0 Å². The van der Waals surface area contributed by atoms with E-state index >= 15 is 0 Å². The molecule has 4 heteroatoms. The largest absolute Gasteiger partial charge is 0.344 e. The van der Waals surface area contributed by atoms with Crippen LogP contribution >= 0.6 is 0 Å². The van der Waals surface area contributed by atoms with Crippen molar-refractivity contribution in [3.05, 3.63) is 0 Å². The van der Waals surface area contributed by atoms with Gasteiger partial charge in [-0.15, -0.1) is 0 Å². The Balaban J connectivity index is 1.72. The summed E-state index contributed by atoms with van der Waals surface area (Å²) in [5.74, 6) is 1.03. The van der Waals surface area contributed by atoms with Gasteiger partial charge in [-0.25, -0.2) is 0 Å². The molecular formula is C17H33N3O. The fourth-order valence-electron chi connectivity index (χ4n) is 3.86. The summed E-state index contributed by atoms with van der Waals surface area (Å²) in [4.78, 5) is 16.6. The summed E-state index contributed by atoms with van der Waals surface area (Å²) in [6.45, 7) is 0.883. The topological polar surface area (TPSA) is 49.6 Å². The van der Waals surface area contributed by atoms with E-state index in [1.54, 1.807) is 0 Å². The predicted molar refractivity (Wildman–Crippen MR) is 87.1 cm³/mol. The summed E-state index contributed by atoms with van der Waals surface area (Å²) in [6.07, 6.45) is 10.2. The zero-order valence-corrected chi connectivity index (χ0v) is 14.1. The molecule has 0 atom stereocenters. The summed E-state index contributed by atoms with van der Waals surface area (Å²) < 4.78 is 0. The van der Waals surface area contributed by atoms with Crippen LogP contribution in [0, 0.1) is 5.92 Å².